The second kappa shape index (κ2) is 5.32. The van der Waals surface area contributed by atoms with Gasteiger partial charge in [-0.1, -0.05) is 30.3 Å². The van der Waals surface area contributed by atoms with E-state index in [1.165, 1.54) is 5.56 Å². The molecule has 1 aromatic rings. The number of hydrogen-bond acceptors (Lipinski definition) is 2. The lowest BCUT2D eigenvalue weighted by molar-refractivity contribution is -0.701. The van der Waals surface area contributed by atoms with E-state index in [1.54, 1.807) is 0 Å². The lowest BCUT2D eigenvalue weighted by Crippen LogP contribution is -2.97. The molecule has 1 saturated heterocycles. The van der Waals surface area contributed by atoms with E-state index in [4.69, 9.17) is 0 Å². The number of carbonyl (C=O) groups is 1. The van der Waals surface area contributed by atoms with Crippen molar-refractivity contribution in [2.75, 3.05) is 6.54 Å². The average molecular weight is 233 g/mol. The van der Waals surface area contributed by atoms with Crippen molar-refractivity contribution in [1.82, 2.24) is 0 Å². The van der Waals surface area contributed by atoms with Gasteiger partial charge in [0.05, 0.1) is 6.54 Å². The maximum Gasteiger partial charge on any atom is 0.136 e. The summed E-state index contributed by atoms with van der Waals surface area (Å²) in [5.41, 5.74) is 0.633. The molecule has 1 heterocycles. The van der Waals surface area contributed by atoms with Crippen molar-refractivity contribution in [2.24, 2.45) is 0 Å². The predicted octanol–water partition coefficient (Wildman–Crippen LogP) is -0.145. The van der Waals surface area contributed by atoms with Crippen molar-refractivity contribution in [3.05, 3.63) is 35.9 Å². The van der Waals surface area contributed by atoms with Crippen LogP contribution in [-0.2, 0) is 11.2 Å². The van der Waals surface area contributed by atoms with E-state index in [2.05, 4.69) is 12.1 Å². The number of aryl methyl sites for hydroxylation is 1. The molecule has 2 rings (SSSR count). The standard InChI is InChI=1S/C14H19NO2/c16-13(17)14(10-5-11-15-14)9-4-8-12-6-2-1-3-7-12/h1-3,6-7,15H,4-5,8-11H2,(H,16,17)/t14-/m1/s1. The second-order valence-corrected chi connectivity index (χ2v) is 4.88. The molecular weight excluding hydrogens is 214 g/mol. The fourth-order valence-corrected chi connectivity index (χ4v) is 2.67. The Hall–Kier alpha value is -1.35. The molecule has 17 heavy (non-hydrogen) atoms. The third kappa shape index (κ3) is 2.86. The van der Waals surface area contributed by atoms with E-state index >= 15 is 0 Å². The normalized spacial score (nSPS) is 23.8. The van der Waals surface area contributed by atoms with Gasteiger partial charge in [0.15, 0.2) is 0 Å². The van der Waals surface area contributed by atoms with Crippen molar-refractivity contribution in [3.8, 4) is 0 Å². The molecule has 1 aromatic carbocycles. The van der Waals surface area contributed by atoms with Crippen LogP contribution in [0.4, 0.5) is 0 Å². The molecule has 1 aliphatic heterocycles. The van der Waals surface area contributed by atoms with Gasteiger partial charge in [-0.3, -0.25) is 0 Å². The second-order valence-electron chi connectivity index (χ2n) is 4.88. The first-order chi connectivity index (χ1) is 8.23. The van der Waals surface area contributed by atoms with E-state index in [-0.39, 0.29) is 0 Å². The highest BCUT2D eigenvalue weighted by Gasteiger charge is 2.38. The molecule has 1 atom stereocenters. The smallest absolute Gasteiger partial charge is 0.136 e. The van der Waals surface area contributed by atoms with Gasteiger partial charge >= 0.3 is 0 Å². The van der Waals surface area contributed by atoms with Crippen LogP contribution >= 0.6 is 0 Å². The number of aliphatic carboxylic acids is 1. The minimum atomic E-state index is -0.886. The molecule has 0 aliphatic carbocycles. The Kier molecular flexibility index (Phi) is 3.79. The summed E-state index contributed by atoms with van der Waals surface area (Å²) in [6.45, 7) is 0.916. The molecule has 3 heteroatoms. The molecule has 0 spiro atoms. The number of benzene rings is 1. The third-order valence-corrected chi connectivity index (χ3v) is 3.70. The number of carboxylic acids is 1. The van der Waals surface area contributed by atoms with Crippen LogP contribution in [0.15, 0.2) is 30.3 Å². The van der Waals surface area contributed by atoms with Crippen molar-refractivity contribution >= 4 is 5.97 Å². The van der Waals surface area contributed by atoms with Crippen LogP contribution in [-0.4, -0.2) is 18.1 Å². The van der Waals surface area contributed by atoms with Crippen molar-refractivity contribution in [3.63, 3.8) is 0 Å². The first kappa shape index (κ1) is 12.1. The van der Waals surface area contributed by atoms with Crippen LogP contribution in [0.25, 0.3) is 0 Å². The first-order valence-corrected chi connectivity index (χ1v) is 6.33. The Balaban J connectivity index is 1.87. The highest BCUT2D eigenvalue weighted by molar-refractivity contribution is 5.74. The summed E-state index contributed by atoms with van der Waals surface area (Å²) < 4.78 is 0. The first-order valence-electron chi connectivity index (χ1n) is 6.33. The van der Waals surface area contributed by atoms with Gasteiger partial charge in [0.25, 0.3) is 0 Å². The Labute approximate surface area is 102 Å². The lowest BCUT2D eigenvalue weighted by atomic mass is 9.90. The molecule has 92 valence electrons. The van der Waals surface area contributed by atoms with E-state index in [9.17, 15) is 9.90 Å². The Morgan fingerprint density at radius 3 is 2.71 bits per heavy atom. The monoisotopic (exact) mass is 233 g/mol. The molecule has 0 radical (unpaired) electrons. The topological polar surface area (TPSA) is 56.7 Å². The fraction of sp³-hybridized carbons (Fsp3) is 0.500. The minimum absolute atomic E-state index is 0.644. The summed E-state index contributed by atoms with van der Waals surface area (Å²) in [5.74, 6) is -0.886. The SMILES string of the molecule is O=C([O-])[C@@]1(CCCc2ccccc2)CCC[NH2+]1. The van der Waals surface area contributed by atoms with Crippen LogP contribution in [0.2, 0.25) is 0 Å². The van der Waals surface area contributed by atoms with E-state index in [0.29, 0.717) is 6.42 Å². The molecule has 2 N–H and O–H groups in total. The lowest BCUT2D eigenvalue weighted by Gasteiger charge is -2.26. The van der Waals surface area contributed by atoms with Crippen molar-refractivity contribution < 1.29 is 15.2 Å². The van der Waals surface area contributed by atoms with Crippen LogP contribution in [0, 0.1) is 0 Å². The van der Waals surface area contributed by atoms with Gasteiger partial charge in [-0.2, -0.15) is 0 Å². The quantitative estimate of drug-likeness (QED) is 0.769. The largest absolute Gasteiger partial charge is 0.544 e. The zero-order valence-electron chi connectivity index (χ0n) is 10.0. The van der Waals surface area contributed by atoms with Crippen LogP contribution in [0.3, 0.4) is 0 Å². The molecule has 0 unspecified atom stereocenters. The number of rotatable bonds is 5. The molecule has 0 amide bonds. The maximum absolute atomic E-state index is 11.2. The molecule has 1 fully saturated rings. The maximum atomic E-state index is 11.2. The van der Waals surface area contributed by atoms with Gasteiger partial charge in [0, 0.05) is 19.3 Å². The summed E-state index contributed by atoms with van der Waals surface area (Å²) in [7, 11) is 0. The molecular formula is C14H19NO2. The molecule has 0 bridgehead atoms. The highest BCUT2D eigenvalue weighted by atomic mass is 16.4. The van der Waals surface area contributed by atoms with Crippen molar-refractivity contribution in [1.29, 1.82) is 0 Å². The molecule has 0 aromatic heterocycles. The number of quaternary nitrogens is 1. The summed E-state index contributed by atoms with van der Waals surface area (Å²) >= 11 is 0. The highest BCUT2D eigenvalue weighted by Crippen LogP contribution is 2.19. The Morgan fingerprint density at radius 2 is 2.12 bits per heavy atom. The van der Waals surface area contributed by atoms with Crippen LogP contribution in [0.5, 0.6) is 0 Å². The predicted molar refractivity (Wildman–Crippen MR) is 63.1 cm³/mol. The summed E-state index contributed by atoms with van der Waals surface area (Å²) in [5, 5.41) is 13.2. The molecule has 3 nitrogen and oxygen atoms in total. The number of carboxylic acid groups (broad SMARTS) is 1. The zero-order valence-corrected chi connectivity index (χ0v) is 10.0. The van der Waals surface area contributed by atoms with Gasteiger partial charge in [-0.25, -0.2) is 0 Å². The molecule has 0 saturated carbocycles. The van der Waals surface area contributed by atoms with Crippen molar-refractivity contribution in [2.45, 2.75) is 37.6 Å². The number of nitrogens with two attached hydrogens (primary N) is 1. The van der Waals surface area contributed by atoms with Gasteiger partial charge in [-0.05, 0) is 18.4 Å². The van der Waals surface area contributed by atoms with E-state index in [1.807, 2.05) is 23.5 Å². The van der Waals surface area contributed by atoms with Gasteiger partial charge in [0.1, 0.15) is 11.5 Å². The summed E-state index contributed by atoms with van der Waals surface area (Å²) in [6, 6.07) is 10.2. The number of carbonyl (C=O) groups excluding carboxylic acids is 1. The Bertz CT molecular complexity index is 369. The van der Waals surface area contributed by atoms with Gasteiger partial charge in [-0.15, -0.1) is 0 Å². The fourth-order valence-electron chi connectivity index (χ4n) is 2.67. The average Bonchev–Trinajstić information content (AvgIpc) is 2.80. The van der Waals surface area contributed by atoms with Crippen LogP contribution < -0.4 is 10.4 Å². The van der Waals surface area contributed by atoms with Gasteiger partial charge in [0.2, 0.25) is 0 Å². The Morgan fingerprint density at radius 1 is 1.35 bits per heavy atom. The third-order valence-electron chi connectivity index (χ3n) is 3.70. The minimum Gasteiger partial charge on any atom is -0.544 e. The zero-order chi connectivity index (χ0) is 12.1. The van der Waals surface area contributed by atoms with Gasteiger partial charge < -0.3 is 15.2 Å². The summed E-state index contributed by atoms with van der Waals surface area (Å²) in [6.07, 6.45) is 4.31. The molecule has 1 aliphatic rings. The summed E-state index contributed by atoms with van der Waals surface area (Å²) in [4.78, 5) is 11.2. The van der Waals surface area contributed by atoms with E-state index < -0.39 is 11.5 Å². The van der Waals surface area contributed by atoms with Crippen LogP contribution in [0.1, 0.15) is 31.2 Å². The number of hydrogen-bond donors (Lipinski definition) is 1. The van der Waals surface area contributed by atoms with E-state index in [0.717, 1.165) is 32.2 Å².